The van der Waals surface area contributed by atoms with Crippen molar-refractivity contribution in [1.82, 2.24) is 4.90 Å². The summed E-state index contributed by atoms with van der Waals surface area (Å²) in [7, 11) is 4.30. The SMILES string of the molecule is CC(C)ON=C1CCC(N(C)C)CC1. The van der Waals surface area contributed by atoms with Gasteiger partial charge >= 0.3 is 0 Å². The van der Waals surface area contributed by atoms with Crippen molar-refractivity contribution in [3.8, 4) is 0 Å². The van der Waals surface area contributed by atoms with E-state index in [1.165, 1.54) is 18.6 Å². The molecule has 1 aliphatic carbocycles. The van der Waals surface area contributed by atoms with Crippen molar-refractivity contribution >= 4 is 5.71 Å². The maximum Gasteiger partial charge on any atom is 0.122 e. The van der Waals surface area contributed by atoms with Crippen LogP contribution in [0.15, 0.2) is 5.16 Å². The first-order valence-corrected chi connectivity index (χ1v) is 5.47. The third kappa shape index (κ3) is 3.66. The Labute approximate surface area is 87.1 Å². The molecule has 0 aliphatic heterocycles. The van der Waals surface area contributed by atoms with Crippen molar-refractivity contribution in [1.29, 1.82) is 0 Å². The molecule has 1 aliphatic rings. The molecule has 0 aromatic rings. The van der Waals surface area contributed by atoms with Crippen LogP contribution < -0.4 is 0 Å². The summed E-state index contributed by atoms with van der Waals surface area (Å²) in [6.45, 7) is 4.02. The van der Waals surface area contributed by atoms with E-state index in [0.29, 0.717) is 0 Å². The molecule has 0 saturated heterocycles. The van der Waals surface area contributed by atoms with Gasteiger partial charge in [0.1, 0.15) is 6.10 Å². The molecule has 14 heavy (non-hydrogen) atoms. The van der Waals surface area contributed by atoms with Gasteiger partial charge in [-0.15, -0.1) is 0 Å². The van der Waals surface area contributed by atoms with Crippen LogP contribution in [0.2, 0.25) is 0 Å². The fraction of sp³-hybridized carbons (Fsp3) is 0.909. The topological polar surface area (TPSA) is 24.8 Å². The second-order valence-electron chi connectivity index (χ2n) is 4.51. The first-order chi connectivity index (χ1) is 6.59. The summed E-state index contributed by atoms with van der Waals surface area (Å²) in [4.78, 5) is 7.56. The monoisotopic (exact) mass is 198 g/mol. The van der Waals surface area contributed by atoms with Crippen LogP contribution in [0.1, 0.15) is 39.5 Å². The van der Waals surface area contributed by atoms with Crippen molar-refractivity contribution in [2.24, 2.45) is 5.16 Å². The number of hydrogen-bond acceptors (Lipinski definition) is 3. The lowest BCUT2D eigenvalue weighted by molar-refractivity contribution is 0.0839. The van der Waals surface area contributed by atoms with Crippen LogP contribution in [-0.4, -0.2) is 36.9 Å². The molecule has 0 spiro atoms. The molecule has 1 rings (SSSR count). The molecule has 0 N–H and O–H groups in total. The van der Waals surface area contributed by atoms with Crippen molar-refractivity contribution in [3.63, 3.8) is 0 Å². The summed E-state index contributed by atoms with van der Waals surface area (Å²) in [5, 5.41) is 4.17. The van der Waals surface area contributed by atoms with Crippen LogP contribution in [0.4, 0.5) is 0 Å². The summed E-state index contributed by atoms with van der Waals surface area (Å²) in [6, 6.07) is 0.730. The molecular weight excluding hydrogens is 176 g/mol. The third-order valence-corrected chi connectivity index (χ3v) is 2.66. The van der Waals surface area contributed by atoms with Crippen LogP contribution in [0, 0.1) is 0 Å². The lowest BCUT2D eigenvalue weighted by Crippen LogP contribution is -2.32. The second kappa shape index (κ2) is 5.35. The highest BCUT2D eigenvalue weighted by atomic mass is 16.6. The molecule has 0 amide bonds. The van der Waals surface area contributed by atoms with Gasteiger partial charge in [0.05, 0.1) is 5.71 Å². The number of nitrogens with zero attached hydrogens (tertiary/aromatic N) is 2. The zero-order valence-electron chi connectivity index (χ0n) is 9.79. The van der Waals surface area contributed by atoms with Crippen molar-refractivity contribution in [3.05, 3.63) is 0 Å². The average molecular weight is 198 g/mol. The molecule has 1 saturated carbocycles. The quantitative estimate of drug-likeness (QED) is 0.650. The number of oxime groups is 1. The van der Waals surface area contributed by atoms with Gasteiger partial charge in [-0.05, 0) is 53.6 Å². The minimum atomic E-state index is 0.203. The molecule has 0 aromatic heterocycles. The Morgan fingerprint density at radius 2 is 1.86 bits per heavy atom. The van der Waals surface area contributed by atoms with E-state index in [0.717, 1.165) is 18.9 Å². The summed E-state index contributed by atoms with van der Waals surface area (Å²) in [5.41, 5.74) is 1.23. The van der Waals surface area contributed by atoms with Gasteiger partial charge in [-0.2, -0.15) is 0 Å². The fourth-order valence-corrected chi connectivity index (χ4v) is 1.72. The maximum absolute atomic E-state index is 5.25. The highest BCUT2D eigenvalue weighted by Crippen LogP contribution is 2.19. The summed E-state index contributed by atoms with van der Waals surface area (Å²) in [6.07, 6.45) is 4.82. The maximum atomic E-state index is 5.25. The largest absolute Gasteiger partial charge is 0.393 e. The molecule has 1 fully saturated rings. The Bertz CT molecular complexity index is 189. The summed E-state index contributed by atoms with van der Waals surface area (Å²) in [5.74, 6) is 0. The van der Waals surface area contributed by atoms with Crippen LogP contribution in [-0.2, 0) is 4.84 Å². The Balaban J connectivity index is 2.31. The van der Waals surface area contributed by atoms with E-state index < -0.39 is 0 Å². The van der Waals surface area contributed by atoms with E-state index in [1.807, 2.05) is 13.8 Å². The molecule has 0 radical (unpaired) electrons. The predicted molar refractivity (Wildman–Crippen MR) is 59.6 cm³/mol. The Kier molecular flexibility index (Phi) is 4.39. The lowest BCUT2D eigenvalue weighted by atomic mass is 9.93. The minimum absolute atomic E-state index is 0.203. The van der Waals surface area contributed by atoms with Gasteiger partial charge < -0.3 is 9.74 Å². The zero-order valence-corrected chi connectivity index (χ0v) is 9.79. The van der Waals surface area contributed by atoms with E-state index >= 15 is 0 Å². The lowest BCUT2D eigenvalue weighted by Gasteiger charge is -2.28. The molecule has 3 nitrogen and oxygen atoms in total. The summed E-state index contributed by atoms with van der Waals surface area (Å²) < 4.78 is 0. The average Bonchev–Trinajstić information content (AvgIpc) is 2.15. The van der Waals surface area contributed by atoms with Gasteiger partial charge in [0.15, 0.2) is 0 Å². The summed E-state index contributed by atoms with van der Waals surface area (Å²) >= 11 is 0. The normalized spacial score (nSPS) is 23.0. The standard InChI is InChI=1S/C11H22N2O/c1-9(2)14-12-10-5-7-11(8-6-10)13(3)4/h9,11H,5-8H2,1-4H3. The van der Waals surface area contributed by atoms with Gasteiger partial charge in [0.2, 0.25) is 0 Å². The number of rotatable bonds is 3. The first kappa shape index (κ1) is 11.5. The molecule has 0 aromatic carbocycles. The van der Waals surface area contributed by atoms with Crippen LogP contribution >= 0.6 is 0 Å². The molecule has 0 unspecified atom stereocenters. The fourth-order valence-electron chi connectivity index (χ4n) is 1.72. The van der Waals surface area contributed by atoms with E-state index in [1.54, 1.807) is 0 Å². The van der Waals surface area contributed by atoms with Gasteiger partial charge in [-0.3, -0.25) is 0 Å². The number of hydrogen-bond donors (Lipinski definition) is 0. The Morgan fingerprint density at radius 1 is 1.29 bits per heavy atom. The van der Waals surface area contributed by atoms with E-state index in [2.05, 4.69) is 24.2 Å². The predicted octanol–water partition coefficient (Wildman–Crippen LogP) is 2.27. The zero-order chi connectivity index (χ0) is 10.6. The van der Waals surface area contributed by atoms with Crippen molar-refractivity contribution in [2.45, 2.75) is 51.7 Å². The van der Waals surface area contributed by atoms with Crippen molar-refractivity contribution < 1.29 is 4.84 Å². The first-order valence-electron chi connectivity index (χ1n) is 5.47. The van der Waals surface area contributed by atoms with Gasteiger partial charge in [-0.1, -0.05) is 5.16 Å². The Hall–Kier alpha value is -0.570. The Morgan fingerprint density at radius 3 is 2.29 bits per heavy atom. The second-order valence-corrected chi connectivity index (χ2v) is 4.51. The molecule has 3 heteroatoms. The van der Waals surface area contributed by atoms with E-state index in [4.69, 9.17) is 4.84 Å². The molecule has 82 valence electrons. The minimum Gasteiger partial charge on any atom is -0.393 e. The van der Waals surface area contributed by atoms with Crippen LogP contribution in [0.25, 0.3) is 0 Å². The molecule has 0 heterocycles. The molecule has 0 atom stereocenters. The van der Waals surface area contributed by atoms with Gasteiger partial charge in [-0.25, -0.2) is 0 Å². The highest BCUT2D eigenvalue weighted by Gasteiger charge is 2.19. The molecular formula is C11H22N2O. The van der Waals surface area contributed by atoms with Gasteiger partial charge in [0, 0.05) is 6.04 Å². The van der Waals surface area contributed by atoms with E-state index in [-0.39, 0.29) is 6.10 Å². The van der Waals surface area contributed by atoms with Gasteiger partial charge in [0.25, 0.3) is 0 Å². The molecule has 0 bridgehead atoms. The van der Waals surface area contributed by atoms with Crippen molar-refractivity contribution in [2.75, 3.05) is 14.1 Å². The third-order valence-electron chi connectivity index (χ3n) is 2.66. The highest BCUT2D eigenvalue weighted by molar-refractivity contribution is 5.84. The smallest absolute Gasteiger partial charge is 0.122 e. The van der Waals surface area contributed by atoms with E-state index in [9.17, 15) is 0 Å². The van der Waals surface area contributed by atoms with Crippen LogP contribution in [0.5, 0.6) is 0 Å². The van der Waals surface area contributed by atoms with Crippen LogP contribution in [0.3, 0.4) is 0 Å².